The Kier molecular flexibility index (Phi) is 4.03. The van der Waals surface area contributed by atoms with Crippen molar-refractivity contribution >= 4 is 34.8 Å². The topological polar surface area (TPSA) is 68.0 Å². The van der Waals surface area contributed by atoms with Crippen LogP contribution in [0.5, 0.6) is 0 Å². The maximum Gasteiger partial charge on any atom is 0.230 e. The number of nitrogens with one attached hydrogen (secondary N) is 1. The van der Waals surface area contributed by atoms with E-state index in [1.54, 1.807) is 36.1 Å². The number of nitrogens with zero attached hydrogens (tertiary/aromatic N) is 2. The highest BCUT2D eigenvalue weighted by Crippen LogP contribution is 2.25. The molecule has 0 saturated carbocycles. The Bertz CT molecular complexity index is 562. The van der Waals surface area contributed by atoms with Gasteiger partial charge in [0.05, 0.1) is 12.1 Å². The molecule has 0 saturated heterocycles. The van der Waals surface area contributed by atoms with E-state index in [-0.39, 0.29) is 5.91 Å². The number of hydrogen-bond donors (Lipinski definition) is 1. The SMILES string of the molecule is CSc1nc(C)c(CC(=O)Nc2cc(C)on2)s1. The highest BCUT2D eigenvalue weighted by molar-refractivity contribution is 8.00. The fraction of sp³-hybridized carbons (Fsp3) is 0.364. The van der Waals surface area contributed by atoms with E-state index in [0.29, 0.717) is 18.0 Å². The normalized spacial score (nSPS) is 10.6. The number of anilines is 1. The number of thiazole rings is 1. The predicted octanol–water partition coefficient (Wildman–Crippen LogP) is 2.65. The largest absolute Gasteiger partial charge is 0.360 e. The highest BCUT2D eigenvalue weighted by Gasteiger charge is 2.12. The van der Waals surface area contributed by atoms with Gasteiger partial charge < -0.3 is 9.84 Å². The zero-order chi connectivity index (χ0) is 13.1. The van der Waals surface area contributed by atoms with Gasteiger partial charge in [0.15, 0.2) is 5.82 Å². The van der Waals surface area contributed by atoms with Crippen LogP contribution in [-0.4, -0.2) is 22.3 Å². The molecule has 1 N–H and O–H groups in total. The standard InChI is InChI=1S/C11H13N3O2S2/c1-6-4-9(14-16-6)13-10(15)5-8-7(2)12-11(17-3)18-8/h4H,5H2,1-3H3,(H,13,14,15). The van der Waals surface area contributed by atoms with Gasteiger partial charge in [-0.3, -0.25) is 4.79 Å². The third-order valence-corrected chi connectivity index (χ3v) is 4.41. The number of aryl methyl sites for hydroxylation is 2. The Morgan fingerprint density at radius 2 is 2.33 bits per heavy atom. The lowest BCUT2D eigenvalue weighted by atomic mass is 10.3. The molecule has 0 bridgehead atoms. The molecule has 5 nitrogen and oxygen atoms in total. The highest BCUT2D eigenvalue weighted by atomic mass is 32.2. The molecule has 0 atom stereocenters. The molecule has 0 aliphatic carbocycles. The Morgan fingerprint density at radius 1 is 1.56 bits per heavy atom. The van der Waals surface area contributed by atoms with E-state index in [0.717, 1.165) is 14.9 Å². The molecule has 0 radical (unpaired) electrons. The van der Waals surface area contributed by atoms with Gasteiger partial charge in [0.1, 0.15) is 10.1 Å². The third-order valence-electron chi connectivity index (χ3n) is 2.26. The van der Waals surface area contributed by atoms with E-state index in [1.807, 2.05) is 13.2 Å². The minimum atomic E-state index is -0.109. The van der Waals surface area contributed by atoms with Gasteiger partial charge in [0.2, 0.25) is 5.91 Å². The smallest absolute Gasteiger partial charge is 0.230 e. The lowest BCUT2D eigenvalue weighted by Crippen LogP contribution is -2.14. The number of rotatable bonds is 4. The second-order valence-corrected chi connectivity index (χ2v) is 5.88. The Hall–Kier alpha value is -1.34. The molecule has 0 unspecified atom stereocenters. The number of hydrogen-bond acceptors (Lipinski definition) is 6. The summed E-state index contributed by atoms with van der Waals surface area (Å²) in [7, 11) is 0. The van der Waals surface area contributed by atoms with Crippen LogP contribution in [0.1, 0.15) is 16.3 Å². The number of carbonyl (C=O) groups is 1. The molecule has 0 aliphatic rings. The van der Waals surface area contributed by atoms with Crippen LogP contribution in [0.2, 0.25) is 0 Å². The van der Waals surface area contributed by atoms with Crippen LogP contribution in [0.15, 0.2) is 14.9 Å². The molecule has 2 rings (SSSR count). The summed E-state index contributed by atoms with van der Waals surface area (Å²) in [6, 6.07) is 1.69. The lowest BCUT2D eigenvalue weighted by molar-refractivity contribution is -0.115. The minimum absolute atomic E-state index is 0.109. The van der Waals surface area contributed by atoms with Crippen molar-refractivity contribution in [1.29, 1.82) is 0 Å². The fourth-order valence-electron chi connectivity index (χ4n) is 1.41. The summed E-state index contributed by atoms with van der Waals surface area (Å²) in [4.78, 5) is 17.2. The van der Waals surface area contributed by atoms with Crippen LogP contribution in [0.25, 0.3) is 0 Å². The van der Waals surface area contributed by atoms with Gasteiger partial charge >= 0.3 is 0 Å². The van der Waals surface area contributed by atoms with E-state index < -0.39 is 0 Å². The first-order valence-electron chi connectivity index (χ1n) is 5.32. The maximum atomic E-state index is 11.8. The second kappa shape index (κ2) is 5.53. The van der Waals surface area contributed by atoms with Gasteiger partial charge in [-0.1, -0.05) is 16.9 Å². The van der Waals surface area contributed by atoms with E-state index in [1.165, 1.54) is 0 Å². The van der Waals surface area contributed by atoms with Crippen molar-refractivity contribution in [2.45, 2.75) is 24.6 Å². The van der Waals surface area contributed by atoms with Gasteiger partial charge in [0, 0.05) is 10.9 Å². The first kappa shape index (κ1) is 13.1. The van der Waals surface area contributed by atoms with Crippen molar-refractivity contribution in [3.8, 4) is 0 Å². The van der Waals surface area contributed by atoms with Crippen molar-refractivity contribution < 1.29 is 9.32 Å². The average Bonchev–Trinajstić information content (AvgIpc) is 2.86. The molecule has 7 heteroatoms. The molecule has 18 heavy (non-hydrogen) atoms. The monoisotopic (exact) mass is 283 g/mol. The van der Waals surface area contributed by atoms with Gasteiger partial charge in [-0.2, -0.15) is 0 Å². The van der Waals surface area contributed by atoms with Crippen LogP contribution >= 0.6 is 23.1 Å². The average molecular weight is 283 g/mol. The summed E-state index contributed by atoms with van der Waals surface area (Å²) in [5.41, 5.74) is 0.913. The van der Waals surface area contributed by atoms with E-state index >= 15 is 0 Å². The lowest BCUT2D eigenvalue weighted by Gasteiger charge is -1.99. The molecule has 0 aliphatic heterocycles. The summed E-state index contributed by atoms with van der Waals surface area (Å²) in [5, 5.41) is 6.41. The molecular formula is C11H13N3O2S2. The van der Waals surface area contributed by atoms with E-state index in [4.69, 9.17) is 4.52 Å². The summed E-state index contributed by atoms with van der Waals surface area (Å²) in [6.07, 6.45) is 2.29. The maximum absolute atomic E-state index is 11.8. The summed E-state index contributed by atoms with van der Waals surface area (Å²) >= 11 is 3.14. The predicted molar refractivity (Wildman–Crippen MR) is 72.2 cm³/mol. The van der Waals surface area contributed by atoms with Gasteiger partial charge in [-0.15, -0.1) is 11.3 Å². The van der Waals surface area contributed by atoms with Crippen molar-refractivity contribution in [2.24, 2.45) is 0 Å². The summed E-state index contributed by atoms with van der Waals surface area (Å²) in [5.74, 6) is 1.01. The third kappa shape index (κ3) is 3.11. The Balaban J connectivity index is 2.00. The number of carbonyl (C=O) groups excluding carboxylic acids is 1. The number of amides is 1. The molecular weight excluding hydrogens is 270 g/mol. The van der Waals surface area contributed by atoms with Crippen LogP contribution in [0.3, 0.4) is 0 Å². The zero-order valence-electron chi connectivity index (χ0n) is 10.3. The van der Waals surface area contributed by atoms with Crippen LogP contribution in [0, 0.1) is 13.8 Å². The molecule has 96 valence electrons. The second-order valence-electron chi connectivity index (χ2n) is 3.74. The van der Waals surface area contributed by atoms with Gasteiger partial charge in [-0.05, 0) is 20.1 Å². The Labute approximate surface area is 113 Å². The Morgan fingerprint density at radius 3 is 2.89 bits per heavy atom. The molecule has 2 aromatic rings. The van der Waals surface area contributed by atoms with Gasteiger partial charge in [0.25, 0.3) is 0 Å². The van der Waals surface area contributed by atoms with Crippen LogP contribution < -0.4 is 5.32 Å². The van der Waals surface area contributed by atoms with Crippen molar-refractivity contribution in [3.05, 3.63) is 22.4 Å². The van der Waals surface area contributed by atoms with Crippen molar-refractivity contribution in [2.75, 3.05) is 11.6 Å². The molecule has 1 amide bonds. The van der Waals surface area contributed by atoms with Crippen molar-refractivity contribution in [1.82, 2.24) is 10.1 Å². The van der Waals surface area contributed by atoms with E-state index in [2.05, 4.69) is 15.5 Å². The molecule has 0 aromatic carbocycles. The number of thioether (sulfide) groups is 1. The minimum Gasteiger partial charge on any atom is -0.360 e. The fourth-order valence-corrected chi connectivity index (χ4v) is 3.06. The molecule has 2 heterocycles. The zero-order valence-corrected chi connectivity index (χ0v) is 11.9. The van der Waals surface area contributed by atoms with Crippen molar-refractivity contribution in [3.63, 3.8) is 0 Å². The van der Waals surface area contributed by atoms with Crippen LogP contribution in [0.4, 0.5) is 5.82 Å². The first-order chi connectivity index (χ1) is 8.58. The van der Waals surface area contributed by atoms with Gasteiger partial charge in [-0.25, -0.2) is 4.98 Å². The molecule has 0 fully saturated rings. The molecule has 2 aromatic heterocycles. The summed E-state index contributed by atoms with van der Waals surface area (Å²) in [6.45, 7) is 3.69. The first-order valence-corrected chi connectivity index (χ1v) is 7.36. The molecule has 0 spiro atoms. The summed E-state index contributed by atoms with van der Waals surface area (Å²) < 4.78 is 5.86. The number of aromatic nitrogens is 2. The quantitative estimate of drug-likeness (QED) is 0.874. The van der Waals surface area contributed by atoms with E-state index in [9.17, 15) is 4.79 Å². The van der Waals surface area contributed by atoms with Crippen LogP contribution in [-0.2, 0) is 11.2 Å².